The maximum Gasteiger partial charge on any atom is 0.413 e. The van der Waals surface area contributed by atoms with Gasteiger partial charge >= 0.3 is 6.09 Å². The predicted molar refractivity (Wildman–Crippen MR) is 73.9 cm³/mol. The van der Waals surface area contributed by atoms with Gasteiger partial charge in [0.05, 0.1) is 25.5 Å². The fourth-order valence-corrected chi connectivity index (χ4v) is 2.22. The minimum Gasteiger partial charge on any atom is -0.465 e. The van der Waals surface area contributed by atoms with Gasteiger partial charge in [-0.2, -0.15) is 0 Å². The number of carbonyl (C=O) groups is 1. The quantitative estimate of drug-likeness (QED) is 0.707. The van der Waals surface area contributed by atoms with Crippen LogP contribution in [0, 0.1) is 0 Å². The van der Waals surface area contributed by atoms with Crippen molar-refractivity contribution in [3.63, 3.8) is 0 Å². The molecule has 0 aromatic carbocycles. The molecule has 0 atom stereocenters. The van der Waals surface area contributed by atoms with Crippen LogP contribution in [0.15, 0.2) is 5.38 Å². The number of methoxy groups -OCH3 is 1. The lowest BCUT2D eigenvalue weighted by atomic mass is 10.3. The summed E-state index contributed by atoms with van der Waals surface area (Å²) in [4.78, 5) is 16.7. The molecule has 0 bridgehead atoms. The number of nitrogens with zero attached hydrogens (tertiary/aromatic N) is 2. The van der Waals surface area contributed by atoms with Crippen LogP contribution >= 0.6 is 11.3 Å². The third kappa shape index (κ3) is 5.54. The molecule has 6 nitrogen and oxygen atoms in total. The summed E-state index contributed by atoms with van der Waals surface area (Å²) in [5, 5.41) is 11.5. The van der Waals surface area contributed by atoms with Crippen molar-refractivity contribution in [2.45, 2.75) is 26.4 Å². The second-order valence-corrected chi connectivity index (χ2v) is 4.79. The molecule has 1 rings (SSSR count). The van der Waals surface area contributed by atoms with Crippen molar-refractivity contribution in [2.24, 2.45) is 0 Å². The van der Waals surface area contributed by atoms with E-state index in [1.165, 1.54) is 16.2 Å². The van der Waals surface area contributed by atoms with Gasteiger partial charge < -0.3 is 14.6 Å². The molecule has 0 spiro atoms. The first-order chi connectivity index (χ1) is 9.19. The van der Waals surface area contributed by atoms with Gasteiger partial charge in [-0.3, -0.25) is 4.90 Å². The van der Waals surface area contributed by atoms with Gasteiger partial charge in [-0.1, -0.05) is 13.3 Å². The third-order valence-electron chi connectivity index (χ3n) is 2.42. The number of carboxylic acid groups (broad SMARTS) is 1. The van der Waals surface area contributed by atoms with Gasteiger partial charge in [0.25, 0.3) is 0 Å². The van der Waals surface area contributed by atoms with Crippen molar-refractivity contribution >= 4 is 22.6 Å². The number of rotatable bonds is 9. The van der Waals surface area contributed by atoms with E-state index < -0.39 is 6.09 Å². The van der Waals surface area contributed by atoms with E-state index in [2.05, 4.69) is 4.98 Å². The lowest BCUT2D eigenvalue weighted by molar-refractivity contribution is 0.0604. The lowest BCUT2D eigenvalue weighted by Crippen LogP contribution is -2.30. The Bertz CT molecular complexity index is 384. The molecule has 1 aromatic heterocycles. The highest BCUT2D eigenvalue weighted by Crippen LogP contribution is 2.21. The maximum absolute atomic E-state index is 11.2. The highest BCUT2D eigenvalue weighted by atomic mass is 32.1. The van der Waals surface area contributed by atoms with E-state index in [9.17, 15) is 4.79 Å². The molecule has 1 N–H and O–H groups in total. The summed E-state index contributed by atoms with van der Waals surface area (Å²) in [6, 6.07) is 0. The molecule has 0 radical (unpaired) electrons. The molecular formula is C12H20N2O4S. The minimum absolute atomic E-state index is 0.376. The average molecular weight is 288 g/mol. The summed E-state index contributed by atoms with van der Waals surface area (Å²) in [5.74, 6) is 0. The largest absolute Gasteiger partial charge is 0.465 e. The number of thiazole rings is 1. The predicted octanol–water partition coefficient (Wildman–Crippen LogP) is 2.59. The zero-order valence-electron chi connectivity index (χ0n) is 11.3. The van der Waals surface area contributed by atoms with Crippen molar-refractivity contribution in [1.29, 1.82) is 0 Å². The van der Waals surface area contributed by atoms with Crippen LogP contribution in [0.4, 0.5) is 9.93 Å². The summed E-state index contributed by atoms with van der Waals surface area (Å²) in [7, 11) is 1.61. The summed E-state index contributed by atoms with van der Waals surface area (Å²) in [5.41, 5.74) is 0.749. The molecular weight excluding hydrogens is 268 g/mol. The van der Waals surface area contributed by atoms with Crippen molar-refractivity contribution in [3.8, 4) is 0 Å². The van der Waals surface area contributed by atoms with E-state index in [0.717, 1.165) is 18.5 Å². The van der Waals surface area contributed by atoms with Crippen molar-refractivity contribution in [1.82, 2.24) is 4.98 Å². The first-order valence-electron chi connectivity index (χ1n) is 6.20. The van der Waals surface area contributed by atoms with Crippen LogP contribution in [0.2, 0.25) is 0 Å². The Balaban J connectivity index is 2.52. The van der Waals surface area contributed by atoms with Crippen LogP contribution in [-0.2, 0) is 16.1 Å². The molecule has 0 unspecified atom stereocenters. The zero-order chi connectivity index (χ0) is 14.1. The first kappa shape index (κ1) is 15.9. The van der Waals surface area contributed by atoms with Gasteiger partial charge in [-0.05, 0) is 6.42 Å². The number of hydrogen-bond donors (Lipinski definition) is 1. The topological polar surface area (TPSA) is 71.9 Å². The van der Waals surface area contributed by atoms with Gasteiger partial charge in [0, 0.05) is 19.0 Å². The van der Waals surface area contributed by atoms with Gasteiger partial charge in [0.1, 0.15) is 0 Å². The fraction of sp³-hybridized carbons (Fsp3) is 0.667. The Morgan fingerprint density at radius 2 is 2.32 bits per heavy atom. The molecule has 19 heavy (non-hydrogen) atoms. The lowest BCUT2D eigenvalue weighted by Gasteiger charge is -2.14. The summed E-state index contributed by atoms with van der Waals surface area (Å²) in [6.45, 7) is 3.91. The van der Waals surface area contributed by atoms with Gasteiger partial charge in [0.2, 0.25) is 0 Å². The molecule has 0 saturated heterocycles. The van der Waals surface area contributed by atoms with Crippen LogP contribution in [-0.4, -0.2) is 43.1 Å². The van der Waals surface area contributed by atoms with E-state index in [0.29, 0.717) is 31.5 Å². The average Bonchev–Trinajstić information content (AvgIpc) is 2.83. The molecule has 0 aliphatic heterocycles. The minimum atomic E-state index is -0.963. The fourth-order valence-electron chi connectivity index (χ4n) is 1.39. The van der Waals surface area contributed by atoms with Crippen molar-refractivity contribution in [2.75, 3.05) is 31.8 Å². The number of amides is 1. The Hall–Kier alpha value is -1.18. The second kappa shape index (κ2) is 8.84. The molecule has 0 aliphatic rings. The molecule has 1 aromatic rings. The molecule has 7 heteroatoms. The maximum atomic E-state index is 11.2. The second-order valence-electron chi connectivity index (χ2n) is 3.95. The zero-order valence-corrected chi connectivity index (χ0v) is 12.1. The Morgan fingerprint density at radius 3 is 2.95 bits per heavy atom. The molecule has 1 heterocycles. The highest BCUT2D eigenvalue weighted by Gasteiger charge is 2.17. The van der Waals surface area contributed by atoms with Crippen molar-refractivity contribution in [3.05, 3.63) is 11.1 Å². The van der Waals surface area contributed by atoms with Crippen LogP contribution < -0.4 is 4.90 Å². The van der Waals surface area contributed by atoms with Crippen LogP contribution in [0.25, 0.3) is 0 Å². The number of unbranched alkanes of at least 4 members (excludes halogenated alkanes) is 1. The van der Waals surface area contributed by atoms with Crippen molar-refractivity contribution < 1.29 is 19.4 Å². The SMILES string of the molecule is CCCCN(C(=O)O)c1nc(COCCOC)cs1. The smallest absolute Gasteiger partial charge is 0.413 e. The van der Waals surface area contributed by atoms with Gasteiger partial charge in [0.15, 0.2) is 5.13 Å². The van der Waals surface area contributed by atoms with E-state index in [1.807, 2.05) is 12.3 Å². The monoisotopic (exact) mass is 288 g/mol. The number of ether oxygens (including phenoxy) is 2. The normalized spacial score (nSPS) is 10.6. The first-order valence-corrected chi connectivity index (χ1v) is 7.08. The summed E-state index contributed by atoms with van der Waals surface area (Å²) < 4.78 is 10.2. The molecule has 0 fully saturated rings. The Labute approximate surface area is 117 Å². The van der Waals surface area contributed by atoms with E-state index in [4.69, 9.17) is 14.6 Å². The van der Waals surface area contributed by atoms with E-state index in [-0.39, 0.29) is 0 Å². The molecule has 0 saturated carbocycles. The van der Waals surface area contributed by atoms with Gasteiger partial charge in [-0.25, -0.2) is 9.78 Å². The van der Waals surface area contributed by atoms with Crippen LogP contribution in [0.5, 0.6) is 0 Å². The Kier molecular flexibility index (Phi) is 7.39. The van der Waals surface area contributed by atoms with Crippen LogP contribution in [0.1, 0.15) is 25.5 Å². The third-order valence-corrected chi connectivity index (χ3v) is 3.33. The number of aromatic nitrogens is 1. The molecule has 1 amide bonds. The van der Waals surface area contributed by atoms with Gasteiger partial charge in [-0.15, -0.1) is 11.3 Å². The molecule has 108 valence electrons. The van der Waals surface area contributed by atoms with E-state index >= 15 is 0 Å². The number of anilines is 1. The number of hydrogen-bond acceptors (Lipinski definition) is 5. The summed E-state index contributed by atoms with van der Waals surface area (Å²) in [6.07, 6.45) is 0.808. The van der Waals surface area contributed by atoms with Crippen LogP contribution in [0.3, 0.4) is 0 Å². The summed E-state index contributed by atoms with van der Waals surface area (Å²) >= 11 is 1.32. The standard InChI is InChI=1S/C12H20N2O4S/c1-3-4-5-14(12(15)16)11-13-10(9-19-11)8-18-7-6-17-2/h9H,3-8H2,1-2H3,(H,15,16). The Morgan fingerprint density at radius 1 is 1.53 bits per heavy atom. The van der Waals surface area contributed by atoms with E-state index in [1.54, 1.807) is 7.11 Å². The molecule has 0 aliphatic carbocycles. The highest BCUT2D eigenvalue weighted by molar-refractivity contribution is 7.14.